The minimum absolute atomic E-state index is 0.311. The highest BCUT2D eigenvalue weighted by atomic mass is 32.2. The van der Waals surface area contributed by atoms with Crippen molar-refractivity contribution < 1.29 is 4.74 Å². The smallest absolute Gasteiger partial charge is 0.0832 e. The van der Waals surface area contributed by atoms with Gasteiger partial charge in [0.2, 0.25) is 0 Å². The quantitative estimate of drug-likeness (QED) is 0.678. The van der Waals surface area contributed by atoms with Gasteiger partial charge in [0.1, 0.15) is 0 Å². The van der Waals surface area contributed by atoms with E-state index in [9.17, 15) is 0 Å². The zero-order valence-corrected chi connectivity index (χ0v) is 8.64. The zero-order chi connectivity index (χ0) is 9.10. The second-order valence-corrected chi connectivity index (χ2v) is 4.39. The third-order valence-electron chi connectivity index (χ3n) is 2.42. The third-order valence-corrected chi connectivity index (χ3v) is 3.59. The van der Waals surface area contributed by atoms with E-state index in [0.717, 1.165) is 6.42 Å². The second-order valence-electron chi connectivity index (χ2n) is 3.25. The van der Waals surface area contributed by atoms with Crippen LogP contribution in [0.1, 0.15) is 24.5 Å². The van der Waals surface area contributed by atoms with Gasteiger partial charge in [-0.1, -0.05) is 18.2 Å². The number of hydrogen-bond donors (Lipinski definition) is 0. The molecule has 0 N–H and O–H groups in total. The molecule has 1 aliphatic rings. The number of thioether (sulfide) groups is 1. The van der Waals surface area contributed by atoms with E-state index in [0.29, 0.717) is 6.10 Å². The molecule has 0 aliphatic carbocycles. The van der Waals surface area contributed by atoms with E-state index in [4.69, 9.17) is 4.74 Å². The molecule has 0 bridgehead atoms. The van der Waals surface area contributed by atoms with Gasteiger partial charge in [0.15, 0.2) is 0 Å². The van der Waals surface area contributed by atoms with Gasteiger partial charge in [-0.25, -0.2) is 0 Å². The van der Waals surface area contributed by atoms with Crippen molar-refractivity contribution in [2.45, 2.75) is 23.8 Å². The summed E-state index contributed by atoms with van der Waals surface area (Å²) in [7, 11) is 1.80. The summed E-state index contributed by atoms with van der Waals surface area (Å²) >= 11 is 1.95. The highest BCUT2D eigenvalue weighted by molar-refractivity contribution is 7.99. The molecule has 1 heterocycles. The summed E-state index contributed by atoms with van der Waals surface area (Å²) in [5.41, 5.74) is 1.37. The average Bonchev–Trinajstić information content (AvgIpc) is 2.39. The van der Waals surface area contributed by atoms with Gasteiger partial charge >= 0.3 is 0 Å². The van der Waals surface area contributed by atoms with Crippen LogP contribution in [0.3, 0.4) is 0 Å². The number of ether oxygens (including phenoxy) is 1. The van der Waals surface area contributed by atoms with Crippen LogP contribution in [-0.4, -0.2) is 12.9 Å². The minimum atomic E-state index is 0.311. The molecule has 0 saturated heterocycles. The number of rotatable bonds is 1. The van der Waals surface area contributed by atoms with Crippen LogP contribution in [0, 0.1) is 0 Å². The first-order chi connectivity index (χ1) is 6.42. The molecule has 1 atom stereocenters. The Kier molecular flexibility index (Phi) is 2.91. The van der Waals surface area contributed by atoms with Crippen LogP contribution in [0.2, 0.25) is 0 Å². The largest absolute Gasteiger partial charge is 0.377 e. The van der Waals surface area contributed by atoms with E-state index in [1.807, 2.05) is 11.8 Å². The second kappa shape index (κ2) is 4.16. The Hall–Kier alpha value is -0.470. The van der Waals surface area contributed by atoms with Gasteiger partial charge in [-0.2, -0.15) is 0 Å². The first kappa shape index (κ1) is 9.10. The topological polar surface area (TPSA) is 9.23 Å². The highest BCUT2D eigenvalue weighted by Gasteiger charge is 2.17. The zero-order valence-electron chi connectivity index (χ0n) is 7.82. The fraction of sp³-hybridized carbons (Fsp3) is 0.455. The monoisotopic (exact) mass is 194 g/mol. The first-order valence-electron chi connectivity index (χ1n) is 4.66. The van der Waals surface area contributed by atoms with Crippen molar-refractivity contribution in [2.75, 3.05) is 12.9 Å². The lowest BCUT2D eigenvalue weighted by Crippen LogP contribution is -2.00. The lowest BCUT2D eigenvalue weighted by atomic mass is 10.1. The number of fused-ring (bicyclic) bond motifs is 1. The predicted octanol–water partition coefficient (Wildman–Crippen LogP) is 3.26. The van der Waals surface area contributed by atoms with Crippen LogP contribution < -0.4 is 0 Å². The van der Waals surface area contributed by atoms with E-state index in [1.54, 1.807) is 7.11 Å². The van der Waals surface area contributed by atoms with Gasteiger partial charge in [-0.3, -0.25) is 0 Å². The van der Waals surface area contributed by atoms with Gasteiger partial charge in [-0.05, 0) is 30.2 Å². The average molecular weight is 194 g/mol. The Morgan fingerprint density at radius 1 is 1.38 bits per heavy atom. The maximum Gasteiger partial charge on any atom is 0.0832 e. The Labute approximate surface area is 83.5 Å². The van der Waals surface area contributed by atoms with Gasteiger partial charge in [0.05, 0.1) is 6.10 Å². The summed E-state index contributed by atoms with van der Waals surface area (Å²) in [5.74, 6) is 1.22. The Morgan fingerprint density at radius 2 is 2.23 bits per heavy atom. The Bertz CT molecular complexity index is 285. The normalized spacial score (nSPS) is 22.1. The minimum Gasteiger partial charge on any atom is -0.377 e. The summed E-state index contributed by atoms with van der Waals surface area (Å²) in [6.07, 6.45) is 2.71. The van der Waals surface area contributed by atoms with Crippen LogP contribution in [0.15, 0.2) is 29.2 Å². The van der Waals surface area contributed by atoms with Crippen LogP contribution in [0.5, 0.6) is 0 Å². The maximum atomic E-state index is 5.48. The van der Waals surface area contributed by atoms with Gasteiger partial charge in [-0.15, -0.1) is 11.8 Å². The molecule has 13 heavy (non-hydrogen) atoms. The van der Waals surface area contributed by atoms with Gasteiger partial charge < -0.3 is 4.74 Å². The molecule has 1 aromatic carbocycles. The van der Waals surface area contributed by atoms with E-state index < -0.39 is 0 Å². The van der Waals surface area contributed by atoms with Gasteiger partial charge in [0, 0.05) is 12.0 Å². The lowest BCUT2D eigenvalue weighted by molar-refractivity contribution is 0.0939. The number of hydrogen-bond acceptors (Lipinski definition) is 2. The van der Waals surface area contributed by atoms with Crippen molar-refractivity contribution in [3.8, 4) is 0 Å². The molecule has 1 unspecified atom stereocenters. The van der Waals surface area contributed by atoms with Crippen LogP contribution in [0.4, 0.5) is 0 Å². The Balaban J connectivity index is 2.35. The van der Waals surface area contributed by atoms with E-state index >= 15 is 0 Å². The Morgan fingerprint density at radius 3 is 3.08 bits per heavy atom. The molecule has 0 saturated carbocycles. The molecule has 0 aromatic heterocycles. The van der Waals surface area contributed by atoms with Crippen molar-refractivity contribution in [3.05, 3.63) is 29.8 Å². The van der Waals surface area contributed by atoms with Crippen LogP contribution >= 0.6 is 11.8 Å². The van der Waals surface area contributed by atoms with E-state index in [1.165, 1.54) is 22.6 Å². The van der Waals surface area contributed by atoms with E-state index in [-0.39, 0.29) is 0 Å². The lowest BCUT2D eigenvalue weighted by Gasteiger charge is -2.14. The van der Waals surface area contributed by atoms with Crippen molar-refractivity contribution in [1.29, 1.82) is 0 Å². The summed E-state index contributed by atoms with van der Waals surface area (Å²) in [5, 5.41) is 0. The predicted molar refractivity (Wildman–Crippen MR) is 56.2 cm³/mol. The summed E-state index contributed by atoms with van der Waals surface area (Å²) in [4.78, 5) is 1.40. The molecule has 0 spiro atoms. The first-order valence-corrected chi connectivity index (χ1v) is 5.65. The van der Waals surface area contributed by atoms with Crippen molar-refractivity contribution in [3.63, 3.8) is 0 Å². The van der Waals surface area contributed by atoms with Gasteiger partial charge in [0.25, 0.3) is 0 Å². The fourth-order valence-corrected chi connectivity index (χ4v) is 2.80. The van der Waals surface area contributed by atoms with E-state index in [2.05, 4.69) is 24.3 Å². The molecule has 1 aromatic rings. The molecular formula is C11H14OS. The molecule has 2 heteroatoms. The number of methoxy groups -OCH3 is 1. The summed E-state index contributed by atoms with van der Waals surface area (Å²) in [6.45, 7) is 0. The van der Waals surface area contributed by atoms with Crippen LogP contribution in [-0.2, 0) is 4.74 Å². The van der Waals surface area contributed by atoms with Crippen molar-refractivity contribution >= 4 is 11.8 Å². The molecule has 1 aliphatic heterocycles. The molecular weight excluding hydrogens is 180 g/mol. The molecule has 1 nitrogen and oxygen atoms in total. The van der Waals surface area contributed by atoms with Crippen molar-refractivity contribution in [2.24, 2.45) is 0 Å². The molecule has 0 amide bonds. The standard InChI is InChI=1S/C11H14OS/c1-12-10-6-4-8-13-11-7-3-2-5-9(10)11/h2-3,5,7,10H,4,6,8H2,1H3. The molecule has 0 radical (unpaired) electrons. The maximum absolute atomic E-state index is 5.48. The van der Waals surface area contributed by atoms with Crippen molar-refractivity contribution in [1.82, 2.24) is 0 Å². The number of benzene rings is 1. The highest BCUT2D eigenvalue weighted by Crippen LogP contribution is 2.35. The van der Waals surface area contributed by atoms with Crippen LogP contribution in [0.25, 0.3) is 0 Å². The summed E-state index contributed by atoms with van der Waals surface area (Å²) < 4.78 is 5.48. The SMILES string of the molecule is COC1CCCSc2ccccc21. The fourth-order valence-electron chi connectivity index (χ4n) is 1.73. The molecule has 2 rings (SSSR count). The molecule has 70 valence electrons. The summed E-state index contributed by atoms with van der Waals surface area (Å²) in [6, 6.07) is 8.57. The third kappa shape index (κ3) is 1.89. The molecule has 0 fully saturated rings.